The molecule has 0 aliphatic rings. The maximum atomic E-state index is 12.1. The number of thiophene rings is 1. The van der Waals surface area contributed by atoms with Gasteiger partial charge >= 0.3 is 0 Å². The molecule has 2 aromatic heterocycles. The quantitative estimate of drug-likeness (QED) is 0.773. The first kappa shape index (κ1) is 12.5. The summed E-state index contributed by atoms with van der Waals surface area (Å²) in [6, 6.07) is 3.43. The first-order valence-corrected chi connectivity index (χ1v) is 6.12. The van der Waals surface area contributed by atoms with E-state index in [4.69, 9.17) is 9.47 Å². The molecule has 0 spiro atoms. The third kappa shape index (κ3) is 2.65. The minimum Gasteiger partial charge on any atom is -0.495 e. The average Bonchev–Trinajstić information content (AvgIpc) is 2.87. The summed E-state index contributed by atoms with van der Waals surface area (Å²) in [5.74, 6) is 1.03. The average molecular weight is 264 g/mol. The summed E-state index contributed by atoms with van der Waals surface area (Å²) in [5, 5.41) is 1.83. The van der Waals surface area contributed by atoms with Crippen LogP contribution in [0.4, 0.5) is 0 Å². The van der Waals surface area contributed by atoms with Gasteiger partial charge in [-0.05, 0) is 11.4 Å². The summed E-state index contributed by atoms with van der Waals surface area (Å²) < 4.78 is 10.1. The number of ether oxygens (including phenoxy) is 2. The van der Waals surface area contributed by atoms with E-state index in [9.17, 15) is 4.79 Å². The Bertz CT molecular complexity index is 554. The Morgan fingerprint density at radius 3 is 2.89 bits per heavy atom. The lowest BCUT2D eigenvalue weighted by molar-refractivity contribution is 0.0993. The fraction of sp³-hybridized carbons (Fsp3) is 0.250. The van der Waals surface area contributed by atoms with Crippen LogP contribution in [0.15, 0.2) is 23.8 Å². The zero-order chi connectivity index (χ0) is 13.0. The van der Waals surface area contributed by atoms with E-state index >= 15 is 0 Å². The van der Waals surface area contributed by atoms with Gasteiger partial charge in [-0.2, -0.15) is 0 Å². The van der Waals surface area contributed by atoms with E-state index in [-0.39, 0.29) is 12.2 Å². The number of hydrogen-bond donors (Lipinski definition) is 0. The largest absolute Gasteiger partial charge is 0.495 e. The Morgan fingerprint density at radius 1 is 1.33 bits per heavy atom. The van der Waals surface area contributed by atoms with Crippen LogP contribution in [0.2, 0.25) is 0 Å². The minimum atomic E-state index is -0.0254. The lowest BCUT2D eigenvalue weighted by Gasteiger charge is -2.03. The summed E-state index contributed by atoms with van der Waals surface area (Å²) in [7, 11) is 3.07. The Balaban J connectivity index is 2.16. The maximum Gasteiger partial charge on any atom is 0.216 e. The Kier molecular flexibility index (Phi) is 3.88. The molecule has 0 aliphatic carbocycles. The maximum absolute atomic E-state index is 12.1. The summed E-state index contributed by atoms with van der Waals surface area (Å²) in [6.07, 6.45) is 1.59. The minimum absolute atomic E-state index is 0.0254. The zero-order valence-corrected chi connectivity index (χ0v) is 10.9. The molecule has 2 heterocycles. The van der Waals surface area contributed by atoms with Crippen LogP contribution in [0.1, 0.15) is 15.4 Å². The predicted octanol–water partition coefficient (Wildman–Crippen LogP) is 1.98. The number of ketones is 1. The van der Waals surface area contributed by atoms with Gasteiger partial charge in [0.1, 0.15) is 17.0 Å². The van der Waals surface area contributed by atoms with Crippen LogP contribution in [0, 0.1) is 0 Å². The van der Waals surface area contributed by atoms with Crippen LogP contribution in [-0.4, -0.2) is 30.0 Å². The van der Waals surface area contributed by atoms with Gasteiger partial charge in [0.2, 0.25) is 5.88 Å². The molecule has 0 atom stereocenters. The fourth-order valence-corrected chi connectivity index (χ4v) is 2.29. The van der Waals surface area contributed by atoms with E-state index in [1.54, 1.807) is 19.2 Å². The summed E-state index contributed by atoms with van der Waals surface area (Å²) in [5.41, 5.74) is 0.627. The van der Waals surface area contributed by atoms with Crippen LogP contribution < -0.4 is 9.47 Å². The molecule has 0 saturated heterocycles. The molecule has 2 aromatic rings. The highest BCUT2D eigenvalue weighted by molar-refractivity contribution is 7.12. The standard InChI is InChI=1S/C12H12N2O3S/c1-16-10-3-4-18-12(10)9(15)5-8-6-11(17-2)14-7-13-8/h3-4,6-7H,5H2,1-2H3. The van der Waals surface area contributed by atoms with Crippen molar-refractivity contribution < 1.29 is 14.3 Å². The number of Topliss-reactive ketones (excluding diaryl/α,β-unsaturated/α-hetero) is 1. The van der Waals surface area contributed by atoms with E-state index in [0.717, 1.165) is 0 Å². The van der Waals surface area contributed by atoms with Crippen LogP contribution in [0.25, 0.3) is 0 Å². The molecule has 0 aromatic carbocycles. The number of aromatic nitrogens is 2. The molecular formula is C12H12N2O3S. The molecule has 0 radical (unpaired) electrons. The zero-order valence-electron chi connectivity index (χ0n) is 10.0. The van der Waals surface area contributed by atoms with Crippen molar-refractivity contribution >= 4 is 17.1 Å². The second-order valence-electron chi connectivity index (χ2n) is 3.47. The molecular weight excluding hydrogens is 252 g/mol. The normalized spacial score (nSPS) is 10.1. The summed E-state index contributed by atoms with van der Waals surface area (Å²) >= 11 is 1.36. The van der Waals surface area contributed by atoms with E-state index in [0.29, 0.717) is 22.2 Å². The SMILES string of the molecule is COc1cc(CC(=O)c2sccc2OC)ncn1. The van der Waals surface area contributed by atoms with Gasteiger partial charge in [0.25, 0.3) is 0 Å². The van der Waals surface area contributed by atoms with Gasteiger partial charge in [0.15, 0.2) is 5.78 Å². The molecule has 5 nitrogen and oxygen atoms in total. The van der Waals surface area contributed by atoms with Crippen molar-refractivity contribution in [3.63, 3.8) is 0 Å². The van der Waals surface area contributed by atoms with Gasteiger partial charge in [-0.25, -0.2) is 9.97 Å². The van der Waals surface area contributed by atoms with Gasteiger partial charge in [0.05, 0.1) is 26.3 Å². The number of methoxy groups -OCH3 is 2. The van der Waals surface area contributed by atoms with Gasteiger partial charge in [0, 0.05) is 6.07 Å². The lowest BCUT2D eigenvalue weighted by Crippen LogP contribution is -2.05. The van der Waals surface area contributed by atoms with Crippen LogP contribution in [0.3, 0.4) is 0 Å². The van der Waals surface area contributed by atoms with Crippen molar-refractivity contribution in [3.8, 4) is 11.6 Å². The highest BCUT2D eigenvalue weighted by atomic mass is 32.1. The van der Waals surface area contributed by atoms with Crippen LogP contribution in [0.5, 0.6) is 11.6 Å². The predicted molar refractivity (Wildman–Crippen MR) is 67.5 cm³/mol. The molecule has 0 bridgehead atoms. The van der Waals surface area contributed by atoms with Gasteiger partial charge in [-0.3, -0.25) is 4.79 Å². The Morgan fingerprint density at radius 2 is 2.17 bits per heavy atom. The second-order valence-corrected chi connectivity index (χ2v) is 4.39. The summed E-state index contributed by atoms with van der Waals surface area (Å²) in [4.78, 5) is 20.6. The van der Waals surface area contributed by atoms with Crippen LogP contribution >= 0.6 is 11.3 Å². The summed E-state index contributed by atoms with van der Waals surface area (Å²) in [6.45, 7) is 0. The van der Waals surface area contributed by atoms with E-state index in [1.165, 1.54) is 24.8 Å². The molecule has 0 fully saturated rings. The highest BCUT2D eigenvalue weighted by Crippen LogP contribution is 2.25. The van der Waals surface area contributed by atoms with E-state index in [1.807, 2.05) is 5.38 Å². The third-order valence-electron chi connectivity index (χ3n) is 2.35. The molecule has 0 saturated carbocycles. The number of carbonyl (C=O) groups is 1. The molecule has 6 heteroatoms. The van der Waals surface area contributed by atoms with Gasteiger partial charge in [-0.15, -0.1) is 11.3 Å². The van der Waals surface area contributed by atoms with Crippen molar-refractivity contribution in [3.05, 3.63) is 34.4 Å². The highest BCUT2D eigenvalue weighted by Gasteiger charge is 2.15. The lowest BCUT2D eigenvalue weighted by atomic mass is 10.2. The van der Waals surface area contributed by atoms with Crippen molar-refractivity contribution in [1.82, 2.24) is 9.97 Å². The monoisotopic (exact) mass is 264 g/mol. The van der Waals surface area contributed by atoms with Crippen molar-refractivity contribution in [2.45, 2.75) is 6.42 Å². The third-order valence-corrected chi connectivity index (χ3v) is 3.29. The Labute approximate surface area is 108 Å². The van der Waals surface area contributed by atoms with Gasteiger partial charge < -0.3 is 9.47 Å². The molecule has 0 unspecified atom stereocenters. The number of rotatable bonds is 5. The molecule has 94 valence electrons. The number of carbonyl (C=O) groups excluding carboxylic acids is 1. The molecule has 0 N–H and O–H groups in total. The fourth-order valence-electron chi connectivity index (χ4n) is 1.49. The van der Waals surface area contributed by atoms with E-state index in [2.05, 4.69) is 9.97 Å². The second kappa shape index (κ2) is 5.59. The molecule has 0 aliphatic heterocycles. The molecule has 0 amide bonds. The Hall–Kier alpha value is -1.95. The topological polar surface area (TPSA) is 61.3 Å². The van der Waals surface area contributed by atoms with Crippen LogP contribution in [-0.2, 0) is 6.42 Å². The molecule has 18 heavy (non-hydrogen) atoms. The number of nitrogens with zero attached hydrogens (tertiary/aromatic N) is 2. The van der Waals surface area contributed by atoms with Crippen molar-refractivity contribution in [2.24, 2.45) is 0 Å². The number of hydrogen-bond acceptors (Lipinski definition) is 6. The van der Waals surface area contributed by atoms with Gasteiger partial charge in [-0.1, -0.05) is 0 Å². The van der Waals surface area contributed by atoms with E-state index < -0.39 is 0 Å². The van der Waals surface area contributed by atoms with Crippen molar-refractivity contribution in [1.29, 1.82) is 0 Å². The van der Waals surface area contributed by atoms with Crippen molar-refractivity contribution in [2.75, 3.05) is 14.2 Å². The first-order valence-electron chi connectivity index (χ1n) is 5.24. The first-order chi connectivity index (χ1) is 8.74. The smallest absolute Gasteiger partial charge is 0.216 e. The molecule has 2 rings (SSSR count).